The molecule has 0 atom stereocenters. The maximum atomic E-state index is 5.28. The highest BCUT2D eigenvalue weighted by atomic mass is 16.5. The number of nitrogens with two attached hydrogens (primary N) is 1. The average molecular weight is 165 g/mol. The van der Waals surface area contributed by atoms with Crippen LogP contribution >= 0.6 is 0 Å². The van der Waals surface area contributed by atoms with Gasteiger partial charge in [0.05, 0.1) is 13.2 Å². The molecule has 66 valence electrons. The average Bonchev–Trinajstić information content (AvgIpc) is 2.14. The monoisotopic (exact) mass is 165 g/mol. The van der Waals surface area contributed by atoms with E-state index in [9.17, 15) is 0 Å². The predicted octanol–water partition coefficient (Wildman–Crippen LogP) is 1.20. The lowest BCUT2D eigenvalue weighted by Crippen LogP contribution is -2.09. The quantitative estimate of drug-likeness (QED) is 0.665. The first kappa shape index (κ1) is 9.23. The van der Waals surface area contributed by atoms with Crippen molar-refractivity contribution in [2.75, 3.05) is 19.8 Å². The topological polar surface area (TPSA) is 35.2 Å². The number of hydrogen-bond donors (Lipinski definition) is 1. The van der Waals surface area contributed by atoms with E-state index >= 15 is 0 Å². The first-order valence-corrected chi connectivity index (χ1v) is 4.25. The summed E-state index contributed by atoms with van der Waals surface area (Å²) < 4.78 is 5.26. The number of rotatable bonds is 5. The highest BCUT2D eigenvalue weighted by molar-refractivity contribution is 5.14. The fourth-order valence-electron chi connectivity index (χ4n) is 1.02. The Morgan fingerprint density at radius 1 is 1.08 bits per heavy atom. The second-order valence-electron chi connectivity index (χ2n) is 2.64. The van der Waals surface area contributed by atoms with Gasteiger partial charge in [0.2, 0.25) is 0 Å². The Kier molecular flexibility index (Phi) is 4.42. The molecular formula is C10H15NO. The number of benzene rings is 1. The van der Waals surface area contributed by atoms with Crippen molar-refractivity contribution in [3.05, 3.63) is 35.9 Å². The fraction of sp³-hybridized carbons (Fsp3) is 0.400. The lowest BCUT2D eigenvalue weighted by molar-refractivity contribution is 0.145. The third-order valence-electron chi connectivity index (χ3n) is 1.64. The molecule has 1 rings (SSSR count). The smallest absolute Gasteiger partial charge is 0.0588 e. The van der Waals surface area contributed by atoms with Crippen LogP contribution in [0.2, 0.25) is 0 Å². The molecule has 0 bridgehead atoms. The molecule has 1 aromatic carbocycles. The summed E-state index contributed by atoms with van der Waals surface area (Å²) in [6.45, 7) is 2.03. The maximum absolute atomic E-state index is 5.28. The van der Waals surface area contributed by atoms with Crippen molar-refractivity contribution in [3.63, 3.8) is 0 Å². The molecule has 0 spiro atoms. The van der Waals surface area contributed by atoms with Crippen LogP contribution in [0.4, 0.5) is 0 Å². The van der Waals surface area contributed by atoms with Gasteiger partial charge >= 0.3 is 0 Å². The molecule has 0 unspecified atom stereocenters. The van der Waals surface area contributed by atoms with Gasteiger partial charge < -0.3 is 10.5 Å². The second kappa shape index (κ2) is 5.75. The predicted molar refractivity (Wildman–Crippen MR) is 50.0 cm³/mol. The zero-order valence-corrected chi connectivity index (χ0v) is 7.20. The van der Waals surface area contributed by atoms with E-state index in [-0.39, 0.29) is 0 Å². The van der Waals surface area contributed by atoms with Gasteiger partial charge in [0, 0.05) is 6.54 Å². The minimum atomic E-state index is 0.606. The van der Waals surface area contributed by atoms with E-state index in [0.29, 0.717) is 13.2 Å². The molecule has 0 aromatic heterocycles. The SMILES string of the molecule is NCCOCCc1ccccc1. The summed E-state index contributed by atoms with van der Waals surface area (Å²) in [5.41, 5.74) is 6.60. The standard InChI is InChI=1S/C10H15NO/c11-7-9-12-8-6-10-4-2-1-3-5-10/h1-5H,6-9,11H2. The lowest BCUT2D eigenvalue weighted by Gasteiger charge is -2.01. The van der Waals surface area contributed by atoms with Crippen molar-refractivity contribution in [2.45, 2.75) is 6.42 Å². The fourth-order valence-corrected chi connectivity index (χ4v) is 1.02. The maximum Gasteiger partial charge on any atom is 0.0588 e. The van der Waals surface area contributed by atoms with E-state index in [4.69, 9.17) is 10.5 Å². The molecule has 0 saturated carbocycles. The third-order valence-corrected chi connectivity index (χ3v) is 1.64. The van der Waals surface area contributed by atoms with Crippen molar-refractivity contribution < 1.29 is 4.74 Å². The Hall–Kier alpha value is -0.860. The van der Waals surface area contributed by atoms with Crippen LogP contribution in [0, 0.1) is 0 Å². The van der Waals surface area contributed by atoms with Gasteiger partial charge in [0.25, 0.3) is 0 Å². The van der Waals surface area contributed by atoms with Gasteiger partial charge in [-0.1, -0.05) is 30.3 Å². The van der Waals surface area contributed by atoms with Gasteiger partial charge in [-0.25, -0.2) is 0 Å². The van der Waals surface area contributed by atoms with Crippen LogP contribution < -0.4 is 5.73 Å². The highest BCUT2D eigenvalue weighted by Gasteiger charge is 1.90. The molecule has 0 fully saturated rings. The molecule has 2 heteroatoms. The summed E-state index contributed by atoms with van der Waals surface area (Å²) in [5, 5.41) is 0. The van der Waals surface area contributed by atoms with E-state index in [1.54, 1.807) is 0 Å². The van der Waals surface area contributed by atoms with Gasteiger partial charge in [-0.3, -0.25) is 0 Å². The molecule has 0 heterocycles. The largest absolute Gasteiger partial charge is 0.380 e. The Balaban J connectivity index is 2.16. The molecule has 0 aliphatic rings. The Morgan fingerprint density at radius 3 is 2.50 bits per heavy atom. The molecule has 0 aliphatic carbocycles. The molecule has 0 saturated heterocycles. The minimum absolute atomic E-state index is 0.606. The first-order chi connectivity index (χ1) is 5.93. The minimum Gasteiger partial charge on any atom is -0.380 e. The van der Waals surface area contributed by atoms with E-state index in [1.165, 1.54) is 5.56 Å². The van der Waals surface area contributed by atoms with Gasteiger partial charge in [0.15, 0.2) is 0 Å². The Bertz CT molecular complexity index is 198. The van der Waals surface area contributed by atoms with E-state index < -0.39 is 0 Å². The van der Waals surface area contributed by atoms with Gasteiger partial charge in [-0.2, -0.15) is 0 Å². The summed E-state index contributed by atoms with van der Waals surface area (Å²) in [7, 11) is 0. The Morgan fingerprint density at radius 2 is 1.83 bits per heavy atom. The molecule has 2 N–H and O–H groups in total. The van der Waals surface area contributed by atoms with Crippen LogP contribution in [0.1, 0.15) is 5.56 Å². The summed E-state index contributed by atoms with van der Waals surface area (Å²) in [4.78, 5) is 0. The van der Waals surface area contributed by atoms with Crippen molar-refractivity contribution in [2.24, 2.45) is 5.73 Å². The summed E-state index contributed by atoms with van der Waals surface area (Å²) in [6.07, 6.45) is 0.973. The van der Waals surface area contributed by atoms with Crippen molar-refractivity contribution in [1.29, 1.82) is 0 Å². The zero-order valence-electron chi connectivity index (χ0n) is 7.20. The van der Waals surface area contributed by atoms with E-state index in [1.807, 2.05) is 18.2 Å². The van der Waals surface area contributed by atoms with Crippen molar-refractivity contribution >= 4 is 0 Å². The Labute approximate surface area is 73.3 Å². The zero-order chi connectivity index (χ0) is 8.65. The van der Waals surface area contributed by atoms with Crippen LogP contribution in [-0.4, -0.2) is 19.8 Å². The van der Waals surface area contributed by atoms with E-state index in [2.05, 4.69) is 12.1 Å². The van der Waals surface area contributed by atoms with Crippen LogP contribution in [0.15, 0.2) is 30.3 Å². The lowest BCUT2D eigenvalue weighted by atomic mass is 10.2. The highest BCUT2D eigenvalue weighted by Crippen LogP contribution is 1.98. The van der Waals surface area contributed by atoms with Crippen LogP contribution in [-0.2, 0) is 11.2 Å². The van der Waals surface area contributed by atoms with E-state index in [0.717, 1.165) is 13.0 Å². The van der Waals surface area contributed by atoms with Gasteiger partial charge in [-0.15, -0.1) is 0 Å². The molecule has 1 aromatic rings. The molecular weight excluding hydrogens is 150 g/mol. The van der Waals surface area contributed by atoms with Gasteiger partial charge in [-0.05, 0) is 12.0 Å². The second-order valence-corrected chi connectivity index (χ2v) is 2.64. The number of hydrogen-bond acceptors (Lipinski definition) is 2. The van der Waals surface area contributed by atoms with Gasteiger partial charge in [0.1, 0.15) is 0 Å². The van der Waals surface area contributed by atoms with Crippen LogP contribution in [0.25, 0.3) is 0 Å². The molecule has 0 amide bonds. The summed E-state index contributed by atoms with van der Waals surface area (Å²) in [6, 6.07) is 10.3. The molecule has 2 nitrogen and oxygen atoms in total. The van der Waals surface area contributed by atoms with Crippen molar-refractivity contribution in [3.8, 4) is 0 Å². The number of ether oxygens (including phenoxy) is 1. The van der Waals surface area contributed by atoms with Crippen LogP contribution in [0.5, 0.6) is 0 Å². The van der Waals surface area contributed by atoms with Crippen molar-refractivity contribution in [1.82, 2.24) is 0 Å². The van der Waals surface area contributed by atoms with Crippen LogP contribution in [0.3, 0.4) is 0 Å². The third kappa shape index (κ3) is 3.51. The first-order valence-electron chi connectivity index (χ1n) is 4.25. The summed E-state index contributed by atoms with van der Waals surface area (Å²) >= 11 is 0. The molecule has 12 heavy (non-hydrogen) atoms. The summed E-state index contributed by atoms with van der Waals surface area (Å²) in [5.74, 6) is 0. The molecule has 0 aliphatic heterocycles. The normalized spacial score (nSPS) is 10.1. The molecule has 0 radical (unpaired) electrons.